The highest BCUT2D eigenvalue weighted by molar-refractivity contribution is 7.20. The zero-order valence-corrected chi connectivity index (χ0v) is 18.8. The number of aryl methyl sites for hydroxylation is 5. The Kier molecular flexibility index (Phi) is 4.79. The first-order chi connectivity index (χ1) is 13.2. The number of nitrogens with zero attached hydrogens (tertiary/aromatic N) is 1. The molecule has 0 saturated heterocycles. The van der Waals surface area contributed by atoms with E-state index in [0.717, 1.165) is 17.6 Å². The van der Waals surface area contributed by atoms with Crippen molar-refractivity contribution >= 4 is 32.3 Å². The molecule has 0 spiro atoms. The first-order valence-electron chi connectivity index (χ1n) is 10.2. The fourth-order valence-corrected chi connectivity index (χ4v) is 5.97. The Morgan fingerprint density at radius 3 is 2.11 bits per heavy atom. The highest BCUT2D eigenvalue weighted by Crippen LogP contribution is 2.43. The number of benzene rings is 2. The molecule has 144 valence electrons. The van der Waals surface area contributed by atoms with Crippen LogP contribution in [0.4, 0.5) is 0 Å². The van der Waals surface area contributed by atoms with Gasteiger partial charge < -0.3 is 0 Å². The Labute approximate surface area is 172 Å². The van der Waals surface area contributed by atoms with Gasteiger partial charge in [0.2, 0.25) is 0 Å². The van der Waals surface area contributed by atoms with Gasteiger partial charge in [-0.05, 0) is 81.8 Å². The molecule has 0 aliphatic carbocycles. The number of thiophene rings is 1. The van der Waals surface area contributed by atoms with E-state index in [1.807, 2.05) is 11.3 Å². The number of rotatable bonds is 3. The quantitative estimate of drug-likeness (QED) is 0.349. The van der Waals surface area contributed by atoms with E-state index in [0.29, 0.717) is 5.92 Å². The molecule has 1 nitrogen and oxygen atoms in total. The van der Waals surface area contributed by atoms with E-state index in [1.54, 1.807) is 0 Å². The maximum Gasteiger partial charge on any atom is 0.0888 e. The van der Waals surface area contributed by atoms with Crippen LogP contribution in [0.5, 0.6) is 0 Å². The lowest BCUT2D eigenvalue weighted by Crippen LogP contribution is -1.93. The summed E-state index contributed by atoms with van der Waals surface area (Å²) < 4.78 is 1.35. The van der Waals surface area contributed by atoms with Crippen molar-refractivity contribution in [2.24, 2.45) is 5.92 Å². The van der Waals surface area contributed by atoms with Crippen molar-refractivity contribution in [2.75, 3.05) is 0 Å². The van der Waals surface area contributed by atoms with E-state index in [1.165, 1.54) is 53.7 Å². The highest BCUT2D eigenvalue weighted by atomic mass is 32.1. The SMILES string of the molecule is Cc1cc(C)cc(-c2nc3cc(C)cc(C)c3c3c(C)c(CC(C)C)sc23)c1. The summed E-state index contributed by atoms with van der Waals surface area (Å²) in [6, 6.07) is 11.3. The number of fused-ring (bicyclic) bond motifs is 3. The van der Waals surface area contributed by atoms with Crippen molar-refractivity contribution in [2.45, 2.75) is 54.9 Å². The van der Waals surface area contributed by atoms with Crippen molar-refractivity contribution in [1.29, 1.82) is 0 Å². The molecule has 4 rings (SSSR count). The van der Waals surface area contributed by atoms with E-state index < -0.39 is 0 Å². The zero-order chi connectivity index (χ0) is 20.2. The first kappa shape index (κ1) is 19.1. The monoisotopic (exact) mass is 387 g/mol. The van der Waals surface area contributed by atoms with Gasteiger partial charge in [-0.2, -0.15) is 0 Å². The molecule has 0 fully saturated rings. The van der Waals surface area contributed by atoms with Crippen molar-refractivity contribution in [1.82, 2.24) is 4.98 Å². The van der Waals surface area contributed by atoms with Crippen LogP contribution in [0.15, 0.2) is 30.3 Å². The minimum atomic E-state index is 0.652. The molecule has 0 radical (unpaired) electrons. The molecule has 0 N–H and O–H groups in total. The van der Waals surface area contributed by atoms with Crippen LogP contribution in [0.2, 0.25) is 0 Å². The zero-order valence-electron chi connectivity index (χ0n) is 18.0. The van der Waals surface area contributed by atoms with Crippen LogP contribution in [0.1, 0.15) is 46.5 Å². The van der Waals surface area contributed by atoms with Crippen LogP contribution in [0.3, 0.4) is 0 Å². The fraction of sp³-hybridized carbons (Fsp3) is 0.346. The van der Waals surface area contributed by atoms with Gasteiger partial charge in [-0.25, -0.2) is 4.98 Å². The summed E-state index contributed by atoms with van der Waals surface area (Å²) >= 11 is 1.95. The molecule has 2 aromatic heterocycles. The summed E-state index contributed by atoms with van der Waals surface area (Å²) in [6.45, 7) is 15.7. The van der Waals surface area contributed by atoms with Crippen LogP contribution in [-0.4, -0.2) is 4.98 Å². The molecular weight excluding hydrogens is 358 g/mol. The Morgan fingerprint density at radius 1 is 0.821 bits per heavy atom. The van der Waals surface area contributed by atoms with Gasteiger partial charge in [-0.1, -0.05) is 37.1 Å². The van der Waals surface area contributed by atoms with E-state index >= 15 is 0 Å². The summed E-state index contributed by atoms with van der Waals surface area (Å²) in [4.78, 5) is 6.73. The summed E-state index contributed by atoms with van der Waals surface area (Å²) in [5.41, 5.74) is 10.1. The van der Waals surface area contributed by atoms with Gasteiger partial charge in [0.15, 0.2) is 0 Å². The van der Waals surface area contributed by atoms with Crippen molar-refractivity contribution < 1.29 is 0 Å². The Balaban J connectivity index is 2.17. The molecule has 0 unspecified atom stereocenters. The Hall–Kier alpha value is -2.19. The largest absolute Gasteiger partial charge is 0.246 e. The van der Waals surface area contributed by atoms with Gasteiger partial charge >= 0.3 is 0 Å². The molecule has 2 heteroatoms. The summed E-state index contributed by atoms with van der Waals surface area (Å²) in [7, 11) is 0. The van der Waals surface area contributed by atoms with Gasteiger partial charge in [-0.3, -0.25) is 0 Å². The minimum absolute atomic E-state index is 0.652. The molecule has 0 amide bonds. The standard InChI is InChI=1S/C26H29NS/c1-14(2)8-22-19(7)24-23-18(6)10-17(5)13-21(23)27-25(26(24)28-22)20-11-15(3)9-16(4)12-20/h9-14H,8H2,1-7H3. The topological polar surface area (TPSA) is 12.9 Å². The Morgan fingerprint density at radius 2 is 1.46 bits per heavy atom. The van der Waals surface area contributed by atoms with Gasteiger partial charge in [0.25, 0.3) is 0 Å². The normalized spacial score (nSPS) is 11.9. The predicted octanol–water partition coefficient (Wildman–Crippen LogP) is 7.86. The van der Waals surface area contributed by atoms with Gasteiger partial charge in [-0.15, -0.1) is 11.3 Å². The lowest BCUT2D eigenvalue weighted by molar-refractivity contribution is 0.652. The third-order valence-corrected chi connectivity index (χ3v) is 6.81. The Bertz CT molecular complexity index is 1190. The minimum Gasteiger partial charge on any atom is -0.246 e. The molecule has 2 heterocycles. The second kappa shape index (κ2) is 7.00. The molecule has 0 atom stereocenters. The van der Waals surface area contributed by atoms with Crippen LogP contribution in [0.25, 0.3) is 32.2 Å². The van der Waals surface area contributed by atoms with Crippen LogP contribution < -0.4 is 0 Å². The molecule has 28 heavy (non-hydrogen) atoms. The lowest BCUT2D eigenvalue weighted by atomic mass is 9.96. The van der Waals surface area contributed by atoms with Crippen LogP contribution >= 0.6 is 11.3 Å². The molecule has 0 aliphatic heterocycles. The van der Waals surface area contributed by atoms with E-state index in [4.69, 9.17) is 4.98 Å². The van der Waals surface area contributed by atoms with Crippen LogP contribution in [-0.2, 0) is 6.42 Å². The van der Waals surface area contributed by atoms with Gasteiger partial charge in [0.05, 0.1) is 15.9 Å². The first-order valence-corrected chi connectivity index (χ1v) is 11.0. The van der Waals surface area contributed by atoms with Gasteiger partial charge in [0, 0.05) is 21.2 Å². The maximum absolute atomic E-state index is 5.22. The third-order valence-electron chi connectivity index (χ3n) is 5.49. The summed E-state index contributed by atoms with van der Waals surface area (Å²) in [6.07, 6.45) is 1.13. The number of aromatic nitrogens is 1. The third kappa shape index (κ3) is 3.24. The van der Waals surface area contributed by atoms with E-state index in [2.05, 4.69) is 78.8 Å². The number of pyridine rings is 1. The molecule has 0 aliphatic rings. The number of hydrogen-bond acceptors (Lipinski definition) is 2. The average Bonchev–Trinajstić information content (AvgIpc) is 2.89. The highest BCUT2D eigenvalue weighted by Gasteiger charge is 2.19. The van der Waals surface area contributed by atoms with E-state index in [9.17, 15) is 0 Å². The van der Waals surface area contributed by atoms with Crippen LogP contribution in [0, 0.1) is 40.5 Å². The second-order valence-corrected chi connectivity index (χ2v) is 9.87. The average molecular weight is 388 g/mol. The van der Waals surface area contributed by atoms with Crippen molar-refractivity contribution in [3.63, 3.8) is 0 Å². The summed E-state index contributed by atoms with van der Waals surface area (Å²) in [5, 5.41) is 2.75. The number of hydrogen-bond donors (Lipinski definition) is 0. The molecule has 4 aromatic rings. The smallest absolute Gasteiger partial charge is 0.0888 e. The molecular formula is C26H29NS. The molecule has 0 saturated carbocycles. The lowest BCUT2D eigenvalue weighted by Gasteiger charge is -2.12. The maximum atomic E-state index is 5.22. The fourth-order valence-electron chi connectivity index (χ4n) is 4.43. The molecule has 0 bridgehead atoms. The predicted molar refractivity (Wildman–Crippen MR) is 125 cm³/mol. The summed E-state index contributed by atoms with van der Waals surface area (Å²) in [5.74, 6) is 0.652. The molecule has 2 aromatic carbocycles. The van der Waals surface area contributed by atoms with Gasteiger partial charge in [0.1, 0.15) is 0 Å². The van der Waals surface area contributed by atoms with E-state index in [-0.39, 0.29) is 0 Å². The van der Waals surface area contributed by atoms with Crippen molar-refractivity contribution in [3.8, 4) is 11.3 Å². The second-order valence-electron chi connectivity index (χ2n) is 8.77. The van der Waals surface area contributed by atoms with Crippen molar-refractivity contribution in [3.05, 3.63) is 63.0 Å².